The Morgan fingerprint density at radius 3 is 2.46 bits per heavy atom. The molecule has 0 fully saturated rings. The van der Waals surface area contributed by atoms with E-state index < -0.39 is 16.7 Å². The second kappa shape index (κ2) is 8.58. The standard InChI is InChI=1S/C17H18N4O5/c1-26-9-8-19-15-7-6-13(21(24)25)10-14(15)17(23)20-12-4-2-11(3-5-12)16(18)22/h2-7,10,19H,8-9H2,1H3,(H2,18,22)(H,20,23). The molecule has 9 heteroatoms. The van der Waals surface area contributed by atoms with Crippen LogP contribution < -0.4 is 16.4 Å². The van der Waals surface area contributed by atoms with Crippen LogP contribution in [0.4, 0.5) is 17.1 Å². The summed E-state index contributed by atoms with van der Waals surface area (Å²) >= 11 is 0. The fourth-order valence-electron chi connectivity index (χ4n) is 2.19. The number of primary amides is 1. The summed E-state index contributed by atoms with van der Waals surface area (Å²) in [7, 11) is 1.54. The minimum atomic E-state index is -0.578. The Morgan fingerprint density at radius 1 is 1.19 bits per heavy atom. The van der Waals surface area contributed by atoms with Crippen molar-refractivity contribution >= 4 is 28.9 Å². The van der Waals surface area contributed by atoms with Crippen LogP contribution in [0.25, 0.3) is 0 Å². The van der Waals surface area contributed by atoms with E-state index in [0.29, 0.717) is 30.1 Å². The number of nitro benzene ring substituents is 1. The van der Waals surface area contributed by atoms with Crippen molar-refractivity contribution in [2.45, 2.75) is 0 Å². The van der Waals surface area contributed by atoms with E-state index in [1.807, 2.05) is 0 Å². The quantitative estimate of drug-likeness (QED) is 0.375. The summed E-state index contributed by atoms with van der Waals surface area (Å²) in [6.07, 6.45) is 0. The van der Waals surface area contributed by atoms with Gasteiger partial charge < -0.3 is 21.1 Å². The summed E-state index contributed by atoms with van der Waals surface area (Å²) in [5.41, 5.74) is 6.27. The number of rotatable bonds is 8. The van der Waals surface area contributed by atoms with Crippen LogP contribution in [0.3, 0.4) is 0 Å². The van der Waals surface area contributed by atoms with Crippen LogP contribution in [0, 0.1) is 10.1 Å². The van der Waals surface area contributed by atoms with Crippen LogP contribution >= 0.6 is 0 Å². The highest BCUT2D eigenvalue weighted by Crippen LogP contribution is 2.23. The highest BCUT2D eigenvalue weighted by Gasteiger charge is 2.17. The molecule has 0 unspecified atom stereocenters. The molecule has 0 saturated carbocycles. The number of non-ortho nitro benzene ring substituents is 1. The van der Waals surface area contributed by atoms with Crippen LogP contribution in [-0.2, 0) is 4.74 Å². The number of amides is 2. The fraction of sp³-hybridized carbons (Fsp3) is 0.176. The predicted molar refractivity (Wildman–Crippen MR) is 96.4 cm³/mol. The van der Waals surface area contributed by atoms with Crippen molar-refractivity contribution in [2.75, 3.05) is 30.9 Å². The van der Waals surface area contributed by atoms with E-state index in [-0.39, 0.29) is 11.3 Å². The van der Waals surface area contributed by atoms with Crippen molar-refractivity contribution in [2.24, 2.45) is 5.73 Å². The molecule has 0 spiro atoms. The van der Waals surface area contributed by atoms with Crippen LogP contribution in [0.1, 0.15) is 20.7 Å². The monoisotopic (exact) mass is 358 g/mol. The van der Waals surface area contributed by atoms with E-state index in [1.165, 1.54) is 42.5 Å². The topological polar surface area (TPSA) is 137 Å². The molecule has 2 aromatic rings. The lowest BCUT2D eigenvalue weighted by atomic mass is 10.1. The number of hydrogen-bond donors (Lipinski definition) is 3. The smallest absolute Gasteiger partial charge is 0.270 e. The van der Waals surface area contributed by atoms with Crippen molar-refractivity contribution in [3.05, 3.63) is 63.7 Å². The molecule has 0 radical (unpaired) electrons. The van der Waals surface area contributed by atoms with Gasteiger partial charge in [0.25, 0.3) is 11.6 Å². The molecule has 2 rings (SSSR count). The number of methoxy groups -OCH3 is 1. The van der Waals surface area contributed by atoms with Gasteiger partial charge in [0.1, 0.15) is 0 Å². The molecule has 0 atom stereocenters. The van der Waals surface area contributed by atoms with Crippen molar-refractivity contribution in [1.82, 2.24) is 0 Å². The van der Waals surface area contributed by atoms with Gasteiger partial charge in [-0.3, -0.25) is 19.7 Å². The zero-order valence-corrected chi connectivity index (χ0v) is 14.0. The normalized spacial score (nSPS) is 10.2. The van der Waals surface area contributed by atoms with Gasteiger partial charge in [0.2, 0.25) is 5.91 Å². The lowest BCUT2D eigenvalue weighted by Gasteiger charge is -2.12. The van der Waals surface area contributed by atoms with Gasteiger partial charge in [-0.05, 0) is 30.3 Å². The molecule has 0 heterocycles. The van der Waals surface area contributed by atoms with Gasteiger partial charge >= 0.3 is 0 Å². The number of nitro groups is 1. The number of carbonyl (C=O) groups excluding carboxylic acids is 2. The number of anilines is 2. The number of nitrogens with zero attached hydrogens (tertiary/aromatic N) is 1. The molecule has 9 nitrogen and oxygen atoms in total. The Labute approximate surface area is 149 Å². The maximum Gasteiger partial charge on any atom is 0.270 e. The first kappa shape index (κ1) is 18.9. The van der Waals surface area contributed by atoms with Gasteiger partial charge in [-0.1, -0.05) is 0 Å². The van der Waals surface area contributed by atoms with E-state index in [4.69, 9.17) is 10.5 Å². The van der Waals surface area contributed by atoms with Crippen molar-refractivity contribution in [1.29, 1.82) is 0 Å². The number of nitrogens with one attached hydrogen (secondary N) is 2. The molecule has 0 aromatic heterocycles. The Hall–Kier alpha value is -3.46. The minimum Gasteiger partial charge on any atom is -0.383 e. The number of carbonyl (C=O) groups is 2. The number of nitrogens with two attached hydrogens (primary N) is 1. The van der Waals surface area contributed by atoms with Crippen LogP contribution in [0.5, 0.6) is 0 Å². The largest absolute Gasteiger partial charge is 0.383 e. The van der Waals surface area contributed by atoms with Crippen molar-refractivity contribution in [3.63, 3.8) is 0 Å². The van der Waals surface area contributed by atoms with Crippen LogP contribution in [-0.4, -0.2) is 37.0 Å². The molecular weight excluding hydrogens is 340 g/mol. The number of hydrogen-bond acceptors (Lipinski definition) is 6. The summed E-state index contributed by atoms with van der Waals surface area (Å²) in [6, 6.07) is 9.97. The second-order valence-electron chi connectivity index (χ2n) is 5.30. The van der Waals surface area contributed by atoms with E-state index in [2.05, 4.69) is 10.6 Å². The van der Waals surface area contributed by atoms with Gasteiger partial charge in [0, 0.05) is 42.7 Å². The molecule has 2 aromatic carbocycles. The lowest BCUT2D eigenvalue weighted by Crippen LogP contribution is -2.17. The zero-order valence-electron chi connectivity index (χ0n) is 14.0. The molecule has 0 aliphatic rings. The molecule has 2 amide bonds. The first-order valence-corrected chi connectivity index (χ1v) is 7.65. The summed E-state index contributed by atoms with van der Waals surface area (Å²) in [5, 5.41) is 16.6. The Balaban J connectivity index is 2.25. The first-order chi connectivity index (χ1) is 12.4. The van der Waals surface area contributed by atoms with E-state index in [9.17, 15) is 19.7 Å². The molecular formula is C17H18N4O5. The number of ether oxygens (including phenoxy) is 1. The lowest BCUT2D eigenvalue weighted by molar-refractivity contribution is -0.384. The Bertz CT molecular complexity index is 820. The van der Waals surface area contributed by atoms with Gasteiger partial charge in [0.05, 0.1) is 17.1 Å². The first-order valence-electron chi connectivity index (χ1n) is 7.65. The molecule has 26 heavy (non-hydrogen) atoms. The van der Waals surface area contributed by atoms with E-state index in [1.54, 1.807) is 7.11 Å². The molecule has 0 bridgehead atoms. The minimum absolute atomic E-state index is 0.120. The maximum atomic E-state index is 12.6. The Morgan fingerprint density at radius 2 is 1.88 bits per heavy atom. The highest BCUT2D eigenvalue weighted by molar-refractivity contribution is 6.08. The van der Waals surface area contributed by atoms with Crippen molar-refractivity contribution in [3.8, 4) is 0 Å². The molecule has 136 valence electrons. The summed E-state index contributed by atoms with van der Waals surface area (Å²) in [6.45, 7) is 0.842. The maximum absolute atomic E-state index is 12.6. The van der Waals surface area contributed by atoms with Gasteiger partial charge in [0.15, 0.2) is 0 Å². The SMILES string of the molecule is COCCNc1ccc([N+](=O)[O-])cc1C(=O)Nc1ccc(C(N)=O)cc1. The number of benzene rings is 2. The molecule has 0 saturated heterocycles. The summed E-state index contributed by atoms with van der Waals surface area (Å²) in [4.78, 5) is 34.1. The summed E-state index contributed by atoms with van der Waals surface area (Å²) < 4.78 is 4.94. The van der Waals surface area contributed by atoms with E-state index in [0.717, 1.165) is 0 Å². The average Bonchev–Trinajstić information content (AvgIpc) is 2.62. The summed E-state index contributed by atoms with van der Waals surface area (Å²) in [5.74, 6) is -1.10. The second-order valence-corrected chi connectivity index (χ2v) is 5.30. The van der Waals surface area contributed by atoms with Gasteiger partial charge in [-0.25, -0.2) is 0 Å². The third-order valence-electron chi connectivity index (χ3n) is 3.51. The van der Waals surface area contributed by atoms with Crippen LogP contribution in [0.2, 0.25) is 0 Å². The molecule has 0 aliphatic heterocycles. The van der Waals surface area contributed by atoms with Crippen molar-refractivity contribution < 1.29 is 19.2 Å². The zero-order chi connectivity index (χ0) is 19.1. The third-order valence-corrected chi connectivity index (χ3v) is 3.51. The van der Waals surface area contributed by atoms with Gasteiger partial charge in [-0.2, -0.15) is 0 Å². The van der Waals surface area contributed by atoms with Crippen LogP contribution in [0.15, 0.2) is 42.5 Å². The predicted octanol–water partition coefficient (Wildman–Crippen LogP) is 2.00. The highest BCUT2D eigenvalue weighted by atomic mass is 16.6. The van der Waals surface area contributed by atoms with Gasteiger partial charge in [-0.15, -0.1) is 0 Å². The molecule has 4 N–H and O–H groups in total. The fourth-order valence-corrected chi connectivity index (χ4v) is 2.19. The Kier molecular flexibility index (Phi) is 6.23. The average molecular weight is 358 g/mol. The third kappa shape index (κ3) is 4.77. The molecule has 0 aliphatic carbocycles. The van der Waals surface area contributed by atoms with E-state index >= 15 is 0 Å².